The Balaban J connectivity index is 1.53. The van der Waals surface area contributed by atoms with Crippen molar-refractivity contribution in [2.75, 3.05) is 32.2 Å². The Labute approximate surface area is 187 Å². The Bertz CT molecular complexity index is 1060. The smallest absolute Gasteiger partial charge is 0.146 e. The molecule has 3 aromatic carbocycles. The van der Waals surface area contributed by atoms with Crippen LogP contribution in [0.4, 0.5) is 11.4 Å². The van der Waals surface area contributed by atoms with Gasteiger partial charge in [-0.25, -0.2) is 0 Å². The van der Waals surface area contributed by atoms with Crippen molar-refractivity contribution in [2.45, 2.75) is 12.8 Å². The van der Waals surface area contributed by atoms with Gasteiger partial charge < -0.3 is 19.1 Å². The van der Waals surface area contributed by atoms with E-state index >= 15 is 0 Å². The van der Waals surface area contributed by atoms with Gasteiger partial charge in [-0.15, -0.1) is 0 Å². The van der Waals surface area contributed by atoms with Gasteiger partial charge in [-0.05, 0) is 55.3 Å². The third kappa shape index (κ3) is 4.94. The van der Waals surface area contributed by atoms with Gasteiger partial charge in [-0.2, -0.15) is 0 Å². The van der Waals surface area contributed by atoms with Gasteiger partial charge in [0.15, 0.2) is 0 Å². The first-order valence-electron chi connectivity index (χ1n) is 10.3. The van der Waals surface area contributed by atoms with Crippen LogP contribution in [0.15, 0.2) is 65.7 Å². The summed E-state index contributed by atoms with van der Waals surface area (Å²) in [7, 11) is 3.37. The summed E-state index contributed by atoms with van der Waals surface area (Å²) in [5.74, 6) is 2.91. The Hall–Kier alpha value is -3.18. The van der Waals surface area contributed by atoms with Crippen LogP contribution in [0.5, 0.6) is 23.0 Å². The molecule has 0 spiro atoms. The molecule has 1 saturated heterocycles. The molecule has 0 N–H and O–H groups in total. The number of benzene rings is 3. The summed E-state index contributed by atoms with van der Waals surface area (Å²) in [5, 5.41) is 0.572. The number of anilines is 1. The molecule has 0 aliphatic carbocycles. The first-order chi connectivity index (χ1) is 15.2. The molecule has 0 unspecified atom stereocenters. The Morgan fingerprint density at radius 1 is 0.871 bits per heavy atom. The van der Waals surface area contributed by atoms with Crippen LogP contribution in [0.25, 0.3) is 0 Å². The van der Waals surface area contributed by atoms with E-state index < -0.39 is 0 Å². The summed E-state index contributed by atoms with van der Waals surface area (Å²) in [5.41, 5.74) is 2.73. The fourth-order valence-corrected chi connectivity index (χ4v) is 3.78. The molecule has 31 heavy (non-hydrogen) atoms. The second-order valence-electron chi connectivity index (χ2n) is 7.24. The fraction of sp³-hybridized carbons (Fsp3) is 0.240. The predicted molar refractivity (Wildman–Crippen MR) is 126 cm³/mol. The molecule has 1 aliphatic rings. The molecule has 6 heteroatoms. The molecule has 0 amide bonds. The van der Waals surface area contributed by atoms with Crippen molar-refractivity contribution in [3.63, 3.8) is 0 Å². The number of rotatable bonds is 7. The van der Waals surface area contributed by atoms with Crippen LogP contribution in [0.2, 0.25) is 5.02 Å². The van der Waals surface area contributed by atoms with Crippen LogP contribution >= 0.6 is 11.6 Å². The highest BCUT2D eigenvalue weighted by molar-refractivity contribution is 6.32. The molecule has 4 rings (SSSR count). The Morgan fingerprint density at radius 3 is 2.26 bits per heavy atom. The summed E-state index contributed by atoms with van der Waals surface area (Å²) in [6.45, 7) is 2.07. The minimum atomic E-state index is 0.572. The Morgan fingerprint density at radius 2 is 1.58 bits per heavy atom. The largest absolute Gasteiger partial charge is 0.496 e. The van der Waals surface area contributed by atoms with E-state index in [0.717, 1.165) is 41.5 Å². The van der Waals surface area contributed by atoms with Gasteiger partial charge in [0.1, 0.15) is 23.0 Å². The molecular weight excluding hydrogens is 412 g/mol. The van der Waals surface area contributed by atoms with Gasteiger partial charge in [0.25, 0.3) is 0 Å². The lowest BCUT2D eigenvalue weighted by molar-refractivity contribution is 0.402. The lowest BCUT2D eigenvalue weighted by atomic mass is 10.1. The second kappa shape index (κ2) is 9.75. The first-order valence-corrected chi connectivity index (χ1v) is 10.6. The highest BCUT2D eigenvalue weighted by atomic mass is 35.5. The summed E-state index contributed by atoms with van der Waals surface area (Å²) >= 11 is 6.16. The predicted octanol–water partition coefficient (Wildman–Crippen LogP) is 6.50. The lowest BCUT2D eigenvalue weighted by Crippen LogP contribution is -2.18. The van der Waals surface area contributed by atoms with Crippen molar-refractivity contribution in [3.8, 4) is 23.0 Å². The molecule has 0 bridgehead atoms. The maximum absolute atomic E-state index is 6.16. The zero-order chi connectivity index (χ0) is 21.6. The van der Waals surface area contributed by atoms with Crippen molar-refractivity contribution >= 4 is 29.2 Å². The van der Waals surface area contributed by atoms with E-state index in [0.29, 0.717) is 16.5 Å². The molecule has 3 aromatic rings. The first kappa shape index (κ1) is 21.1. The Kier molecular flexibility index (Phi) is 6.63. The number of aliphatic imine (C=N–C) groups is 1. The molecule has 160 valence electrons. The molecule has 0 atom stereocenters. The number of ether oxygens (including phenoxy) is 3. The zero-order valence-electron chi connectivity index (χ0n) is 17.7. The van der Waals surface area contributed by atoms with E-state index in [1.54, 1.807) is 26.5 Å². The fourth-order valence-electron chi connectivity index (χ4n) is 3.61. The van der Waals surface area contributed by atoms with Gasteiger partial charge >= 0.3 is 0 Å². The average Bonchev–Trinajstić information content (AvgIpc) is 3.34. The molecular formula is C25H25ClN2O3. The third-order valence-electron chi connectivity index (χ3n) is 5.23. The van der Waals surface area contributed by atoms with E-state index in [9.17, 15) is 0 Å². The summed E-state index contributed by atoms with van der Waals surface area (Å²) in [6.07, 6.45) is 4.19. The van der Waals surface area contributed by atoms with Gasteiger partial charge in [0, 0.05) is 30.9 Å². The minimum Gasteiger partial charge on any atom is -0.496 e. The van der Waals surface area contributed by atoms with Crippen molar-refractivity contribution in [3.05, 3.63) is 71.2 Å². The van der Waals surface area contributed by atoms with Crippen LogP contribution in [0.3, 0.4) is 0 Å². The monoisotopic (exact) mass is 436 g/mol. The van der Waals surface area contributed by atoms with E-state index in [4.69, 9.17) is 25.8 Å². The molecule has 0 radical (unpaired) electrons. The van der Waals surface area contributed by atoms with Crippen LogP contribution < -0.4 is 19.1 Å². The highest BCUT2D eigenvalue weighted by Crippen LogP contribution is 2.37. The number of hydrogen-bond acceptors (Lipinski definition) is 5. The van der Waals surface area contributed by atoms with Crippen molar-refractivity contribution in [1.29, 1.82) is 0 Å². The van der Waals surface area contributed by atoms with E-state index in [1.807, 2.05) is 54.6 Å². The van der Waals surface area contributed by atoms with E-state index in [1.165, 1.54) is 12.8 Å². The SMILES string of the molecule is COc1cc(N2CCCC2)c(OC)cc1C=Nc1ccc(Oc2ccccc2Cl)cc1. The zero-order valence-corrected chi connectivity index (χ0v) is 18.4. The number of methoxy groups -OCH3 is 2. The average molecular weight is 437 g/mol. The van der Waals surface area contributed by atoms with Crippen LogP contribution in [0.1, 0.15) is 18.4 Å². The topological polar surface area (TPSA) is 43.3 Å². The number of hydrogen-bond donors (Lipinski definition) is 0. The number of para-hydroxylation sites is 1. The van der Waals surface area contributed by atoms with Gasteiger partial charge in [0.05, 0.1) is 30.6 Å². The molecule has 1 aliphatic heterocycles. The maximum atomic E-state index is 6.16. The van der Waals surface area contributed by atoms with Gasteiger partial charge in [-0.3, -0.25) is 4.99 Å². The van der Waals surface area contributed by atoms with Gasteiger partial charge in [-0.1, -0.05) is 23.7 Å². The number of halogens is 1. The standard InChI is InChI=1S/C25H25ClN2O3/c1-29-24-16-22(28-13-5-6-14-28)25(30-2)15-18(24)17-27-19-9-11-20(12-10-19)31-23-8-4-3-7-21(23)26/h3-4,7-12,15-17H,5-6,13-14H2,1-2H3. The van der Waals surface area contributed by atoms with Crippen LogP contribution in [-0.2, 0) is 0 Å². The number of nitrogens with zero attached hydrogens (tertiary/aromatic N) is 2. The second-order valence-corrected chi connectivity index (χ2v) is 7.65. The van der Waals surface area contributed by atoms with Crippen molar-refractivity contribution in [1.82, 2.24) is 0 Å². The summed E-state index contributed by atoms with van der Waals surface area (Å²) < 4.78 is 17.1. The summed E-state index contributed by atoms with van der Waals surface area (Å²) in [6, 6.07) is 18.9. The molecule has 0 saturated carbocycles. The molecule has 1 heterocycles. The van der Waals surface area contributed by atoms with Crippen LogP contribution in [0, 0.1) is 0 Å². The van der Waals surface area contributed by atoms with Crippen molar-refractivity contribution in [2.24, 2.45) is 4.99 Å². The highest BCUT2D eigenvalue weighted by Gasteiger charge is 2.19. The lowest BCUT2D eigenvalue weighted by Gasteiger charge is -2.22. The van der Waals surface area contributed by atoms with Crippen LogP contribution in [-0.4, -0.2) is 33.5 Å². The summed E-state index contributed by atoms with van der Waals surface area (Å²) in [4.78, 5) is 6.93. The third-order valence-corrected chi connectivity index (χ3v) is 5.54. The maximum Gasteiger partial charge on any atom is 0.146 e. The normalized spacial score (nSPS) is 13.6. The minimum absolute atomic E-state index is 0.572. The molecule has 0 aromatic heterocycles. The molecule has 1 fully saturated rings. The quantitative estimate of drug-likeness (QED) is 0.396. The molecule has 5 nitrogen and oxygen atoms in total. The van der Waals surface area contributed by atoms with E-state index in [-0.39, 0.29) is 0 Å². The van der Waals surface area contributed by atoms with E-state index in [2.05, 4.69) is 9.89 Å². The van der Waals surface area contributed by atoms with Crippen molar-refractivity contribution < 1.29 is 14.2 Å². The van der Waals surface area contributed by atoms with Gasteiger partial charge in [0.2, 0.25) is 0 Å².